The van der Waals surface area contributed by atoms with Crippen LogP contribution >= 0.6 is 24.0 Å². The van der Waals surface area contributed by atoms with E-state index in [0.717, 1.165) is 23.0 Å². The summed E-state index contributed by atoms with van der Waals surface area (Å²) >= 11 is 0. The van der Waals surface area contributed by atoms with Crippen molar-refractivity contribution < 1.29 is 9.15 Å². The Kier molecular flexibility index (Phi) is 9.36. The van der Waals surface area contributed by atoms with Crippen molar-refractivity contribution in [3.05, 3.63) is 54.0 Å². The van der Waals surface area contributed by atoms with Gasteiger partial charge in [-0.25, -0.2) is 0 Å². The molecule has 2 aromatic rings. The summed E-state index contributed by atoms with van der Waals surface area (Å²) in [7, 11) is 7.49. The molecule has 1 heterocycles. The average Bonchev–Trinajstić information content (AvgIpc) is 3.12. The summed E-state index contributed by atoms with van der Waals surface area (Å²) in [4.78, 5) is 6.38. The van der Waals surface area contributed by atoms with Crippen LogP contribution in [0.15, 0.2) is 52.1 Å². The van der Waals surface area contributed by atoms with E-state index in [1.54, 1.807) is 20.4 Å². The fraction of sp³-hybridized carbons (Fsp3) is 0.389. The van der Waals surface area contributed by atoms with Gasteiger partial charge in [0.2, 0.25) is 0 Å². The van der Waals surface area contributed by atoms with Crippen molar-refractivity contribution in [3.63, 3.8) is 0 Å². The molecule has 1 aromatic carbocycles. The minimum Gasteiger partial charge on any atom is -0.497 e. The normalized spacial score (nSPS) is 12.4. The van der Waals surface area contributed by atoms with Crippen LogP contribution in [0.4, 0.5) is 0 Å². The highest BCUT2D eigenvalue weighted by Gasteiger charge is 2.17. The number of nitrogens with zero attached hydrogens (tertiary/aromatic N) is 2. The SMILES string of the molecule is CN=C(NCc1cccc(OC)c1)NCC(c1ccco1)N(C)C.I. The molecule has 0 saturated heterocycles. The molecule has 0 aliphatic rings. The molecule has 1 aromatic heterocycles. The molecule has 0 fully saturated rings. The number of rotatable bonds is 7. The lowest BCUT2D eigenvalue weighted by atomic mass is 10.2. The van der Waals surface area contributed by atoms with Crippen LogP contribution in [0, 0.1) is 0 Å². The fourth-order valence-electron chi connectivity index (χ4n) is 2.40. The molecule has 2 N–H and O–H groups in total. The molecule has 0 spiro atoms. The van der Waals surface area contributed by atoms with Gasteiger partial charge in [0.05, 0.1) is 19.4 Å². The van der Waals surface area contributed by atoms with Crippen LogP contribution < -0.4 is 15.4 Å². The Bertz CT molecular complexity index is 644. The van der Waals surface area contributed by atoms with E-state index >= 15 is 0 Å². The highest BCUT2D eigenvalue weighted by atomic mass is 127. The maximum atomic E-state index is 5.52. The molecule has 0 amide bonds. The second-order valence-electron chi connectivity index (χ2n) is 5.65. The molecule has 0 saturated carbocycles. The van der Waals surface area contributed by atoms with Crippen molar-refractivity contribution in [3.8, 4) is 5.75 Å². The Hall–Kier alpha value is -1.74. The molecule has 138 valence electrons. The Balaban J connectivity index is 0.00000312. The lowest BCUT2D eigenvalue weighted by Gasteiger charge is -2.23. The van der Waals surface area contributed by atoms with E-state index in [1.807, 2.05) is 50.5 Å². The predicted octanol–water partition coefficient (Wildman–Crippen LogP) is 2.87. The van der Waals surface area contributed by atoms with Crippen LogP contribution in [-0.2, 0) is 6.54 Å². The summed E-state index contributed by atoms with van der Waals surface area (Å²) in [6.07, 6.45) is 1.70. The summed E-state index contributed by atoms with van der Waals surface area (Å²) in [6, 6.07) is 12.0. The van der Waals surface area contributed by atoms with Crippen LogP contribution in [0.3, 0.4) is 0 Å². The zero-order valence-electron chi connectivity index (χ0n) is 15.2. The zero-order valence-corrected chi connectivity index (χ0v) is 17.5. The molecule has 2 rings (SSSR count). The first-order valence-corrected chi connectivity index (χ1v) is 7.91. The molecule has 0 aliphatic carbocycles. The third-order valence-electron chi connectivity index (χ3n) is 3.78. The Morgan fingerprint density at radius 3 is 2.64 bits per heavy atom. The van der Waals surface area contributed by atoms with E-state index in [4.69, 9.17) is 9.15 Å². The number of benzene rings is 1. The van der Waals surface area contributed by atoms with Gasteiger partial charge in [0.1, 0.15) is 11.5 Å². The van der Waals surface area contributed by atoms with E-state index in [0.29, 0.717) is 13.1 Å². The first kappa shape index (κ1) is 21.3. The van der Waals surface area contributed by atoms with Gasteiger partial charge in [-0.15, -0.1) is 24.0 Å². The van der Waals surface area contributed by atoms with Crippen LogP contribution in [-0.4, -0.2) is 45.7 Å². The topological polar surface area (TPSA) is 62.0 Å². The summed E-state index contributed by atoms with van der Waals surface area (Å²) in [5.74, 6) is 2.52. The van der Waals surface area contributed by atoms with Gasteiger partial charge in [0, 0.05) is 20.1 Å². The smallest absolute Gasteiger partial charge is 0.191 e. The molecule has 7 heteroatoms. The van der Waals surface area contributed by atoms with Gasteiger partial charge in [0.25, 0.3) is 0 Å². The van der Waals surface area contributed by atoms with Gasteiger partial charge in [-0.1, -0.05) is 12.1 Å². The minimum absolute atomic E-state index is 0. The van der Waals surface area contributed by atoms with Gasteiger partial charge in [-0.3, -0.25) is 9.89 Å². The second-order valence-corrected chi connectivity index (χ2v) is 5.65. The first-order chi connectivity index (χ1) is 11.6. The van der Waals surface area contributed by atoms with Crippen molar-refractivity contribution in [2.45, 2.75) is 12.6 Å². The lowest BCUT2D eigenvalue weighted by molar-refractivity contribution is 0.258. The van der Waals surface area contributed by atoms with Crippen LogP contribution in [0.2, 0.25) is 0 Å². The van der Waals surface area contributed by atoms with Crippen LogP contribution in [0.5, 0.6) is 5.75 Å². The number of aliphatic imine (C=N–C) groups is 1. The van der Waals surface area contributed by atoms with Crippen LogP contribution in [0.1, 0.15) is 17.4 Å². The first-order valence-electron chi connectivity index (χ1n) is 7.91. The molecule has 6 nitrogen and oxygen atoms in total. The van der Waals surface area contributed by atoms with Crippen molar-refractivity contribution >= 4 is 29.9 Å². The highest BCUT2D eigenvalue weighted by molar-refractivity contribution is 14.0. The fourth-order valence-corrected chi connectivity index (χ4v) is 2.40. The largest absolute Gasteiger partial charge is 0.497 e. The van der Waals surface area contributed by atoms with Crippen molar-refractivity contribution in [2.24, 2.45) is 4.99 Å². The van der Waals surface area contributed by atoms with E-state index in [-0.39, 0.29) is 30.0 Å². The maximum absolute atomic E-state index is 5.52. The number of furan rings is 1. The standard InChI is InChI=1S/C18H26N4O2.HI/c1-19-18(20-12-14-7-5-8-15(11-14)23-4)21-13-16(22(2)3)17-9-6-10-24-17;/h5-11,16H,12-13H2,1-4H3,(H2,19,20,21);1H. The maximum Gasteiger partial charge on any atom is 0.191 e. The van der Waals surface area contributed by atoms with E-state index in [9.17, 15) is 0 Å². The number of halogens is 1. The number of ether oxygens (including phenoxy) is 1. The van der Waals surface area contributed by atoms with Crippen LogP contribution in [0.25, 0.3) is 0 Å². The third kappa shape index (κ3) is 6.58. The van der Waals surface area contributed by atoms with Gasteiger partial charge < -0.3 is 19.8 Å². The average molecular weight is 458 g/mol. The molecular weight excluding hydrogens is 431 g/mol. The zero-order chi connectivity index (χ0) is 17.4. The monoisotopic (exact) mass is 458 g/mol. The van der Waals surface area contributed by atoms with Crippen molar-refractivity contribution in [2.75, 3.05) is 34.8 Å². The van der Waals surface area contributed by atoms with Gasteiger partial charge in [-0.05, 0) is 43.9 Å². The molecule has 1 unspecified atom stereocenters. The Morgan fingerprint density at radius 1 is 1.24 bits per heavy atom. The molecule has 1 atom stereocenters. The van der Waals surface area contributed by atoms with E-state index in [1.165, 1.54) is 0 Å². The quantitative estimate of drug-likeness (QED) is 0.380. The minimum atomic E-state index is 0. The molecule has 0 bridgehead atoms. The van der Waals surface area contributed by atoms with Gasteiger partial charge in [0.15, 0.2) is 5.96 Å². The van der Waals surface area contributed by atoms with E-state index < -0.39 is 0 Å². The van der Waals surface area contributed by atoms with E-state index in [2.05, 4.69) is 20.5 Å². The third-order valence-corrected chi connectivity index (χ3v) is 3.78. The number of likely N-dealkylation sites (N-methyl/N-ethyl adjacent to an activating group) is 1. The molecule has 0 aliphatic heterocycles. The molecular formula is C18H27IN4O2. The highest BCUT2D eigenvalue weighted by Crippen LogP contribution is 2.17. The van der Waals surface area contributed by atoms with Gasteiger partial charge >= 0.3 is 0 Å². The Labute approximate surface area is 166 Å². The molecule has 0 radical (unpaired) electrons. The molecule has 25 heavy (non-hydrogen) atoms. The number of methoxy groups -OCH3 is 1. The predicted molar refractivity (Wildman–Crippen MR) is 112 cm³/mol. The summed E-state index contributed by atoms with van der Waals surface area (Å²) in [6.45, 7) is 1.36. The number of nitrogens with one attached hydrogen (secondary N) is 2. The van der Waals surface area contributed by atoms with Crippen molar-refractivity contribution in [1.29, 1.82) is 0 Å². The lowest BCUT2D eigenvalue weighted by Crippen LogP contribution is -2.41. The summed E-state index contributed by atoms with van der Waals surface area (Å²) in [5.41, 5.74) is 1.13. The summed E-state index contributed by atoms with van der Waals surface area (Å²) < 4.78 is 10.8. The number of hydrogen-bond donors (Lipinski definition) is 2. The number of guanidine groups is 1. The Morgan fingerprint density at radius 2 is 2.04 bits per heavy atom. The second kappa shape index (κ2) is 11.0. The number of hydrogen-bond acceptors (Lipinski definition) is 4. The van der Waals surface area contributed by atoms with Gasteiger partial charge in [-0.2, -0.15) is 0 Å². The van der Waals surface area contributed by atoms with Crippen molar-refractivity contribution in [1.82, 2.24) is 15.5 Å². The summed E-state index contributed by atoms with van der Waals surface area (Å²) in [5, 5.41) is 6.65.